The van der Waals surface area contributed by atoms with Crippen LogP contribution in [0.5, 0.6) is 0 Å². The monoisotopic (exact) mass is 249 g/mol. The molecule has 0 fully saturated rings. The molecule has 7 heteroatoms. The average Bonchev–Trinajstić information content (AvgIpc) is 2.27. The molecule has 0 spiro atoms. The van der Waals surface area contributed by atoms with E-state index in [9.17, 15) is 13.0 Å². The number of ether oxygens (including phenoxy) is 1. The largest absolute Gasteiger partial charge is 0.726 e. The van der Waals surface area contributed by atoms with E-state index in [4.69, 9.17) is 4.74 Å². The Balaban J connectivity index is 0.000000315. The van der Waals surface area contributed by atoms with Crippen LogP contribution in [0, 0.1) is 0 Å². The minimum atomic E-state index is -4.53. The lowest BCUT2D eigenvalue weighted by Gasteiger charge is -2.06. The molecule has 0 aliphatic heterocycles. The van der Waals surface area contributed by atoms with Crippen molar-refractivity contribution < 1.29 is 26.9 Å². The molecule has 0 aromatic carbocycles. The number of hydrogen-bond acceptors (Lipinski definition) is 5. The van der Waals surface area contributed by atoms with Crippen molar-refractivity contribution in [3.8, 4) is 0 Å². The van der Waals surface area contributed by atoms with E-state index in [1.54, 1.807) is 6.92 Å². The van der Waals surface area contributed by atoms with Gasteiger partial charge in [-0.3, -0.25) is 4.18 Å². The van der Waals surface area contributed by atoms with E-state index in [1.165, 1.54) is 0 Å². The highest BCUT2D eigenvalue weighted by atomic mass is 32.3. The molecule has 92 valence electrons. The molecule has 16 heavy (non-hydrogen) atoms. The summed E-state index contributed by atoms with van der Waals surface area (Å²) in [6.07, 6.45) is 3.75. The van der Waals surface area contributed by atoms with Crippen molar-refractivity contribution in [3.63, 3.8) is 0 Å². The van der Waals surface area contributed by atoms with Gasteiger partial charge in [-0.05, 0) is 6.92 Å². The standard InChI is InChI=1S/C5H5N.C4H10O5S/c1-2-4-6-5-3-1;1-2-8-3-4-9-10(5,6)7/h1-5H;2-4H2,1H3,(H,5,6,7). The molecule has 0 aliphatic carbocycles. The van der Waals surface area contributed by atoms with Gasteiger partial charge in [0.05, 0.1) is 13.2 Å². The van der Waals surface area contributed by atoms with Gasteiger partial charge in [-0.1, -0.05) is 6.07 Å². The minimum Gasteiger partial charge on any atom is -0.726 e. The van der Waals surface area contributed by atoms with Crippen LogP contribution in [-0.4, -0.2) is 32.8 Å². The second-order valence-corrected chi connectivity index (χ2v) is 3.56. The van der Waals surface area contributed by atoms with Crippen LogP contribution < -0.4 is 4.98 Å². The van der Waals surface area contributed by atoms with Crippen molar-refractivity contribution in [1.29, 1.82) is 0 Å². The molecular formula is C9H15NO5S. The van der Waals surface area contributed by atoms with Gasteiger partial charge in [-0.25, -0.2) is 13.4 Å². The highest BCUT2D eigenvalue weighted by molar-refractivity contribution is 7.80. The van der Waals surface area contributed by atoms with Crippen LogP contribution in [0.25, 0.3) is 0 Å². The molecule has 0 unspecified atom stereocenters. The predicted molar refractivity (Wildman–Crippen MR) is 55.1 cm³/mol. The highest BCUT2D eigenvalue weighted by Gasteiger charge is 1.92. The first-order chi connectivity index (χ1) is 7.56. The zero-order chi connectivity index (χ0) is 12.3. The Hall–Kier alpha value is -1.02. The van der Waals surface area contributed by atoms with Gasteiger partial charge in [0, 0.05) is 18.7 Å². The van der Waals surface area contributed by atoms with Crippen LogP contribution in [0.2, 0.25) is 0 Å². The second-order valence-electron chi connectivity index (χ2n) is 2.50. The zero-order valence-corrected chi connectivity index (χ0v) is 9.77. The number of rotatable bonds is 5. The molecule has 0 radical (unpaired) electrons. The van der Waals surface area contributed by atoms with E-state index in [2.05, 4.69) is 9.17 Å². The fourth-order valence-electron chi connectivity index (χ4n) is 0.681. The first-order valence-electron chi connectivity index (χ1n) is 4.65. The summed E-state index contributed by atoms with van der Waals surface area (Å²) < 4.78 is 37.8. The molecule has 0 saturated heterocycles. The highest BCUT2D eigenvalue weighted by Crippen LogP contribution is 1.84. The second kappa shape index (κ2) is 9.22. The van der Waals surface area contributed by atoms with Crippen molar-refractivity contribution in [3.05, 3.63) is 30.6 Å². The summed E-state index contributed by atoms with van der Waals surface area (Å²) in [6.45, 7) is 2.14. The maximum absolute atomic E-state index is 9.76. The summed E-state index contributed by atoms with van der Waals surface area (Å²) in [5.74, 6) is 0. The van der Waals surface area contributed by atoms with E-state index < -0.39 is 10.4 Å². The lowest BCUT2D eigenvalue weighted by molar-refractivity contribution is -0.377. The van der Waals surface area contributed by atoms with Gasteiger partial charge in [0.25, 0.3) is 0 Å². The molecule has 6 nitrogen and oxygen atoms in total. The zero-order valence-electron chi connectivity index (χ0n) is 8.96. The number of H-pyrrole nitrogens is 1. The lowest BCUT2D eigenvalue weighted by atomic mass is 10.5. The Morgan fingerprint density at radius 2 is 1.81 bits per heavy atom. The predicted octanol–water partition coefficient (Wildman–Crippen LogP) is 0.000400. The summed E-state index contributed by atoms with van der Waals surface area (Å²) in [5.41, 5.74) is 0. The van der Waals surface area contributed by atoms with Crippen molar-refractivity contribution in [2.75, 3.05) is 19.8 Å². The third kappa shape index (κ3) is 13.0. The van der Waals surface area contributed by atoms with Crippen LogP contribution >= 0.6 is 0 Å². The van der Waals surface area contributed by atoms with Gasteiger partial charge in [0.2, 0.25) is 10.4 Å². The van der Waals surface area contributed by atoms with Crippen LogP contribution in [0.3, 0.4) is 0 Å². The Bertz CT molecular complexity index is 313. The van der Waals surface area contributed by atoms with Gasteiger partial charge in [-0.15, -0.1) is 0 Å². The van der Waals surface area contributed by atoms with Crippen LogP contribution in [-0.2, 0) is 19.3 Å². The summed E-state index contributed by atoms with van der Waals surface area (Å²) in [6, 6.07) is 5.86. The SMILES string of the molecule is CCOCCOS(=O)(=O)[O-].c1cc[nH+]cc1. The van der Waals surface area contributed by atoms with Crippen molar-refractivity contribution >= 4 is 10.4 Å². The Labute approximate surface area is 95.2 Å². The van der Waals surface area contributed by atoms with Crippen LogP contribution in [0.4, 0.5) is 0 Å². The Morgan fingerprint density at radius 3 is 2.12 bits per heavy atom. The maximum Gasteiger partial charge on any atom is 0.217 e. The number of nitrogens with one attached hydrogen (secondary N) is 1. The molecule has 1 rings (SSSR count). The van der Waals surface area contributed by atoms with E-state index >= 15 is 0 Å². The maximum atomic E-state index is 9.76. The molecule has 0 aliphatic rings. The minimum absolute atomic E-state index is 0.123. The lowest BCUT2D eigenvalue weighted by Crippen LogP contribution is -2.09. The molecule has 1 aromatic heterocycles. The summed E-state index contributed by atoms with van der Waals surface area (Å²) in [7, 11) is -4.53. The normalized spacial score (nSPS) is 10.4. The Morgan fingerprint density at radius 1 is 1.19 bits per heavy atom. The fourth-order valence-corrected chi connectivity index (χ4v) is 0.953. The molecule has 1 heterocycles. The quantitative estimate of drug-likeness (QED) is 0.416. The first kappa shape index (κ1) is 15.0. The number of pyridine rings is 1. The van der Waals surface area contributed by atoms with Gasteiger partial charge < -0.3 is 9.29 Å². The summed E-state index contributed by atoms with van der Waals surface area (Å²) in [5, 5.41) is 0. The van der Waals surface area contributed by atoms with Gasteiger partial charge in [0.15, 0.2) is 12.4 Å². The van der Waals surface area contributed by atoms with Crippen molar-refractivity contribution in [2.45, 2.75) is 6.92 Å². The van der Waals surface area contributed by atoms with E-state index in [0.717, 1.165) is 0 Å². The summed E-state index contributed by atoms with van der Waals surface area (Å²) >= 11 is 0. The molecule has 0 atom stereocenters. The van der Waals surface area contributed by atoms with Gasteiger partial charge >= 0.3 is 0 Å². The third-order valence-corrected chi connectivity index (χ3v) is 1.72. The Kier molecular flexibility index (Phi) is 8.64. The van der Waals surface area contributed by atoms with Gasteiger partial charge in [-0.2, -0.15) is 0 Å². The molecule has 0 bridgehead atoms. The molecule has 1 aromatic rings. The first-order valence-corrected chi connectivity index (χ1v) is 5.98. The molecule has 0 saturated carbocycles. The number of aromatic amines is 1. The molecule has 1 N–H and O–H groups in total. The average molecular weight is 249 g/mol. The smallest absolute Gasteiger partial charge is 0.217 e. The summed E-state index contributed by atoms with van der Waals surface area (Å²) in [4.78, 5) is 2.89. The topological polar surface area (TPSA) is 89.8 Å². The van der Waals surface area contributed by atoms with E-state index in [1.807, 2.05) is 30.6 Å². The van der Waals surface area contributed by atoms with Crippen molar-refractivity contribution in [1.82, 2.24) is 0 Å². The molecular weight excluding hydrogens is 234 g/mol. The van der Waals surface area contributed by atoms with Crippen molar-refractivity contribution in [2.24, 2.45) is 0 Å². The number of aromatic nitrogens is 1. The van der Waals surface area contributed by atoms with Gasteiger partial charge in [0.1, 0.15) is 0 Å². The van der Waals surface area contributed by atoms with E-state index in [-0.39, 0.29) is 13.2 Å². The fraction of sp³-hybridized carbons (Fsp3) is 0.444. The molecule has 0 amide bonds. The van der Waals surface area contributed by atoms with E-state index in [0.29, 0.717) is 6.61 Å². The van der Waals surface area contributed by atoms with Crippen LogP contribution in [0.1, 0.15) is 6.92 Å². The number of hydrogen-bond donors (Lipinski definition) is 0. The van der Waals surface area contributed by atoms with Crippen LogP contribution in [0.15, 0.2) is 30.6 Å². The third-order valence-electron chi connectivity index (χ3n) is 1.27.